The molecule has 115 valence electrons. The monoisotopic (exact) mass is 295 g/mol. The Kier molecular flexibility index (Phi) is 5.00. The Bertz CT molecular complexity index is 378. The fourth-order valence-electron chi connectivity index (χ4n) is 2.26. The lowest BCUT2D eigenvalue weighted by Crippen LogP contribution is -2.24. The van der Waals surface area contributed by atoms with Crippen LogP contribution >= 0.6 is 8.15 Å². The zero-order valence-corrected chi connectivity index (χ0v) is 15.9. The number of rotatable bonds is 1. The van der Waals surface area contributed by atoms with Crippen molar-refractivity contribution in [3.05, 3.63) is 28.7 Å². The van der Waals surface area contributed by atoms with Crippen LogP contribution in [0.1, 0.15) is 62.3 Å². The van der Waals surface area contributed by atoms with Crippen LogP contribution in [0.4, 0.5) is 0 Å². The van der Waals surface area contributed by atoms with E-state index in [2.05, 4.69) is 74.5 Å². The van der Waals surface area contributed by atoms with Gasteiger partial charge >= 0.3 is 0 Å². The summed E-state index contributed by atoms with van der Waals surface area (Å²) >= 11 is 0. The lowest BCUT2D eigenvalue weighted by atomic mass is 9.77. The number of hydrogen-bond donors (Lipinski definition) is 0. The highest BCUT2D eigenvalue weighted by Crippen LogP contribution is 2.66. The third-order valence-corrected chi connectivity index (χ3v) is 6.45. The maximum absolute atomic E-state index is 5.95. The molecular formula is C18H32OP. The minimum absolute atomic E-state index is 0.142. The van der Waals surface area contributed by atoms with Crippen LogP contribution in [0.2, 0.25) is 0 Å². The molecule has 0 aromatic carbocycles. The highest BCUT2D eigenvalue weighted by molar-refractivity contribution is 7.61. The van der Waals surface area contributed by atoms with E-state index in [1.54, 1.807) is 0 Å². The molecule has 0 N–H and O–H groups in total. The van der Waals surface area contributed by atoms with Gasteiger partial charge in [0, 0.05) is 13.0 Å². The Morgan fingerprint density at radius 2 is 1.05 bits per heavy atom. The Morgan fingerprint density at radius 1 is 0.700 bits per heavy atom. The van der Waals surface area contributed by atoms with Gasteiger partial charge in [-0.15, -0.1) is 0 Å². The summed E-state index contributed by atoms with van der Waals surface area (Å²) in [4.78, 5) is 0. The molecular weight excluding hydrogens is 263 g/mol. The van der Waals surface area contributed by atoms with E-state index >= 15 is 0 Å². The van der Waals surface area contributed by atoms with Gasteiger partial charge in [0.2, 0.25) is 0 Å². The molecule has 0 saturated carbocycles. The van der Waals surface area contributed by atoms with Crippen molar-refractivity contribution < 1.29 is 4.52 Å². The lowest BCUT2D eigenvalue weighted by Gasteiger charge is -2.42. The first kappa shape index (κ1) is 17.9. The average molecular weight is 295 g/mol. The van der Waals surface area contributed by atoms with E-state index in [9.17, 15) is 0 Å². The van der Waals surface area contributed by atoms with Gasteiger partial charge in [-0.2, -0.15) is 0 Å². The minimum atomic E-state index is -0.645. The molecule has 20 heavy (non-hydrogen) atoms. The first-order valence-electron chi connectivity index (χ1n) is 7.44. The van der Waals surface area contributed by atoms with Crippen LogP contribution in [0.15, 0.2) is 22.8 Å². The van der Waals surface area contributed by atoms with Crippen molar-refractivity contribution in [2.45, 2.75) is 62.3 Å². The molecule has 0 fully saturated rings. The molecule has 2 heteroatoms. The van der Waals surface area contributed by atoms with Gasteiger partial charge < -0.3 is 4.52 Å². The van der Waals surface area contributed by atoms with Crippen LogP contribution in [0.25, 0.3) is 0 Å². The summed E-state index contributed by atoms with van der Waals surface area (Å²) in [5.74, 6) is 1.42. The van der Waals surface area contributed by atoms with E-state index in [4.69, 9.17) is 4.52 Å². The minimum Gasteiger partial charge on any atom is -0.353 e. The van der Waals surface area contributed by atoms with E-state index in [1.807, 2.05) is 7.11 Å². The van der Waals surface area contributed by atoms with Gasteiger partial charge in [-0.3, -0.25) is 0 Å². The normalized spacial score (nSPS) is 19.9. The van der Waals surface area contributed by atoms with Crippen LogP contribution in [-0.4, -0.2) is 7.11 Å². The van der Waals surface area contributed by atoms with Crippen molar-refractivity contribution in [2.75, 3.05) is 7.11 Å². The Balaban J connectivity index is 3.42. The van der Waals surface area contributed by atoms with Gasteiger partial charge in [0.25, 0.3) is 0 Å². The summed E-state index contributed by atoms with van der Waals surface area (Å²) < 4.78 is 5.95. The van der Waals surface area contributed by atoms with Gasteiger partial charge in [-0.1, -0.05) is 74.5 Å². The molecule has 0 spiro atoms. The topological polar surface area (TPSA) is 9.23 Å². The van der Waals surface area contributed by atoms with Crippen LogP contribution in [0.3, 0.4) is 0 Å². The third kappa shape index (κ3) is 3.95. The van der Waals surface area contributed by atoms with Crippen molar-refractivity contribution in [1.29, 1.82) is 0 Å². The van der Waals surface area contributed by atoms with E-state index in [0.29, 0.717) is 0 Å². The number of allylic oxidation sites excluding steroid dienone is 4. The fraction of sp³-hybridized carbons (Fsp3) is 0.722. The van der Waals surface area contributed by atoms with Crippen LogP contribution in [0.5, 0.6) is 0 Å². The van der Waals surface area contributed by atoms with Crippen LogP contribution in [-0.2, 0) is 4.52 Å². The number of hydrogen-bond acceptors (Lipinski definition) is 1. The molecule has 0 atom stereocenters. The van der Waals surface area contributed by atoms with Crippen LogP contribution in [0, 0.1) is 22.2 Å². The van der Waals surface area contributed by atoms with Crippen molar-refractivity contribution in [1.82, 2.24) is 0 Å². The second kappa shape index (κ2) is 5.58. The maximum Gasteiger partial charge on any atom is 0.0835 e. The maximum atomic E-state index is 5.95. The van der Waals surface area contributed by atoms with E-state index in [0.717, 1.165) is 0 Å². The predicted octanol–water partition coefficient (Wildman–Crippen LogP) is 6.52. The van der Waals surface area contributed by atoms with Crippen molar-refractivity contribution >= 4 is 8.15 Å². The Hall–Kier alpha value is -0.130. The standard InChI is InChI=1S/C18H32OP/c1-16(2,3)13-11-14(17(4,5)6)20(19-10)15(12-13)18(7,8)9/h11-12H,1-10H3. The molecule has 1 aliphatic heterocycles. The first-order valence-corrected chi connectivity index (χ1v) is 8.70. The molecule has 0 amide bonds. The van der Waals surface area contributed by atoms with Crippen molar-refractivity contribution in [3.63, 3.8) is 0 Å². The summed E-state index contributed by atoms with van der Waals surface area (Å²) in [6.07, 6.45) is 4.79. The first-order chi connectivity index (χ1) is 8.78. The summed E-state index contributed by atoms with van der Waals surface area (Å²) in [6, 6.07) is 0. The van der Waals surface area contributed by atoms with E-state index in [-0.39, 0.29) is 16.2 Å². The van der Waals surface area contributed by atoms with Gasteiger partial charge in [0.15, 0.2) is 0 Å². The highest BCUT2D eigenvalue weighted by Gasteiger charge is 2.39. The van der Waals surface area contributed by atoms with E-state index < -0.39 is 8.15 Å². The summed E-state index contributed by atoms with van der Waals surface area (Å²) in [7, 11) is 1.21. The predicted molar refractivity (Wildman–Crippen MR) is 91.7 cm³/mol. The van der Waals surface area contributed by atoms with Gasteiger partial charge in [0.1, 0.15) is 0 Å². The van der Waals surface area contributed by atoms with Gasteiger partial charge in [-0.05, 0) is 26.9 Å². The third-order valence-electron chi connectivity index (χ3n) is 3.61. The fourth-order valence-corrected chi connectivity index (χ4v) is 4.64. The Morgan fingerprint density at radius 3 is 1.25 bits per heavy atom. The van der Waals surface area contributed by atoms with Crippen molar-refractivity contribution in [2.24, 2.45) is 16.2 Å². The smallest absolute Gasteiger partial charge is 0.0835 e. The molecule has 1 rings (SSSR count). The van der Waals surface area contributed by atoms with Gasteiger partial charge in [0.05, 0.1) is 8.15 Å². The molecule has 0 bridgehead atoms. The molecule has 1 aliphatic rings. The molecule has 0 aromatic heterocycles. The molecule has 1 heterocycles. The highest BCUT2D eigenvalue weighted by atomic mass is 31.1. The largest absolute Gasteiger partial charge is 0.353 e. The molecule has 0 unspecified atom stereocenters. The summed E-state index contributed by atoms with van der Waals surface area (Å²) in [5.41, 5.74) is 0.452. The molecule has 0 saturated heterocycles. The molecule has 1 nitrogen and oxygen atoms in total. The summed E-state index contributed by atoms with van der Waals surface area (Å²) in [6.45, 7) is 20.6. The molecule has 0 aliphatic carbocycles. The quantitative estimate of drug-likeness (QED) is 0.500. The van der Waals surface area contributed by atoms with Crippen molar-refractivity contribution in [3.8, 4) is 0 Å². The van der Waals surface area contributed by atoms with E-state index in [1.165, 1.54) is 16.5 Å². The zero-order valence-electron chi connectivity index (χ0n) is 15.0. The molecule has 0 aromatic rings. The Labute approximate surface area is 127 Å². The SMILES string of the molecule is COP1C(C(C)(C)C)=C[C](C(C)(C)C)C=C1C(C)(C)C. The van der Waals surface area contributed by atoms with Gasteiger partial charge in [-0.25, -0.2) is 0 Å². The lowest BCUT2D eigenvalue weighted by molar-refractivity contribution is 0.425. The summed E-state index contributed by atoms with van der Waals surface area (Å²) in [5, 5.41) is 2.90. The van der Waals surface area contributed by atoms with Crippen LogP contribution < -0.4 is 0 Å². The second-order valence-electron chi connectivity index (χ2n) is 8.74. The average Bonchev–Trinajstić information content (AvgIpc) is 2.23. The second-order valence-corrected chi connectivity index (χ2v) is 10.7. The zero-order chi connectivity index (χ0) is 15.9. The molecule has 1 radical (unpaired) electrons.